The predicted octanol–water partition coefficient (Wildman–Crippen LogP) is 15.6. The molecule has 55 heavy (non-hydrogen) atoms. The third-order valence-electron chi connectivity index (χ3n) is 10.9. The van der Waals surface area contributed by atoms with Gasteiger partial charge in [-0.3, -0.25) is 0 Å². The molecule has 9 aromatic carbocycles. The molecule has 11 rings (SSSR count). The summed E-state index contributed by atoms with van der Waals surface area (Å²) in [5.74, 6) is 0. The Morgan fingerprint density at radius 1 is 0.364 bits per heavy atom. The van der Waals surface area contributed by atoms with Crippen molar-refractivity contribution in [1.82, 2.24) is 0 Å². The van der Waals surface area contributed by atoms with Crippen LogP contribution in [0.4, 0.5) is 17.1 Å². The maximum absolute atomic E-state index is 6.23. The maximum Gasteiger partial charge on any atom is 0.136 e. The largest absolute Gasteiger partial charge is 0.456 e. The molecule has 2 aromatic heterocycles. The molecule has 0 saturated carbocycles. The van der Waals surface area contributed by atoms with Crippen molar-refractivity contribution in [3.63, 3.8) is 0 Å². The van der Waals surface area contributed by atoms with Gasteiger partial charge < -0.3 is 9.32 Å². The molecule has 0 radical (unpaired) electrons. The summed E-state index contributed by atoms with van der Waals surface area (Å²) in [4.78, 5) is 2.35. The number of fused-ring (bicyclic) bond motifs is 8. The lowest BCUT2D eigenvalue weighted by molar-refractivity contribution is 0.669. The summed E-state index contributed by atoms with van der Waals surface area (Å²) in [6.07, 6.45) is 0. The van der Waals surface area contributed by atoms with Crippen LogP contribution in [-0.4, -0.2) is 0 Å². The van der Waals surface area contributed by atoms with Crippen molar-refractivity contribution in [3.8, 4) is 33.4 Å². The number of thiophene rings is 1. The molecule has 0 spiro atoms. The molecule has 0 amide bonds. The third kappa shape index (κ3) is 5.32. The molecule has 258 valence electrons. The molecule has 0 N–H and O–H groups in total. The fourth-order valence-electron chi connectivity index (χ4n) is 8.26. The number of benzene rings is 9. The first-order valence-electron chi connectivity index (χ1n) is 18.7. The van der Waals surface area contributed by atoms with Crippen molar-refractivity contribution in [3.05, 3.63) is 200 Å². The van der Waals surface area contributed by atoms with Gasteiger partial charge in [-0.15, -0.1) is 11.3 Å². The van der Waals surface area contributed by atoms with Gasteiger partial charge in [-0.25, -0.2) is 0 Å². The summed E-state index contributed by atoms with van der Waals surface area (Å²) in [7, 11) is 0. The van der Waals surface area contributed by atoms with Gasteiger partial charge in [0.1, 0.15) is 11.2 Å². The molecule has 0 bridgehead atoms. The van der Waals surface area contributed by atoms with E-state index >= 15 is 0 Å². The van der Waals surface area contributed by atoms with E-state index in [1.165, 1.54) is 58.8 Å². The van der Waals surface area contributed by atoms with Crippen LogP contribution in [0.3, 0.4) is 0 Å². The van der Waals surface area contributed by atoms with Crippen LogP contribution in [0, 0.1) is 0 Å². The fourth-order valence-corrected chi connectivity index (χ4v) is 9.52. The van der Waals surface area contributed by atoms with Gasteiger partial charge in [-0.1, -0.05) is 140 Å². The Morgan fingerprint density at radius 2 is 0.909 bits per heavy atom. The van der Waals surface area contributed by atoms with E-state index in [0.717, 1.165) is 44.6 Å². The van der Waals surface area contributed by atoms with E-state index in [4.69, 9.17) is 4.42 Å². The lowest BCUT2D eigenvalue weighted by Gasteiger charge is -2.26. The molecule has 0 fully saturated rings. The number of rotatable bonds is 6. The standard InChI is InChI=1S/C52H33NOS/c1-2-11-34(12-3-1)35-21-27-39(28-22-35)53(40-29-23-36(24-30-40)42-17-10-19-48-50(42)44-15-6-8-18-47(44)54-48)41-31-25-37(26-32-41)46-33-38-13-4-5-14-43(38)51-45-16-7-9-20-49(45)55-52(46)51/h1-33H. The monoisotopic (exact) mass is 719 g/mol. The number of nitrogens with zero attached hydrogens (tertiary/aromatic N) is 1. The predicted molar refractivity (Wildman–Crippen MR) is 235 cm³/mol. The van der Waals surface area contributed by atoms with Gasteiger partial charge in [0.15, 0.2) is 0 Å². The van der Waals surface area contributed by atoms with Crippen LogP contribution < -0.4 is 4.90 Å². The van der Waals surface area contributed by atoms with Crippen molar-refractivity contribution in [1.29, 1.82) is 0 Å². The first-order valence-corrected chi connectivity index (χ1v) is 19.5. The number of furan rings is 1. The molecular weight excluding hydrogens is 687 g/mol. The van der Waals surface area contributed by atoms with Crippen LogP contribution in [0.1, 0.15) is 0 Å². The summed E-state index contributed by atoms with van der Waals surface area (Å²) in [5.41, 5.74) is 12.3. The number of anilines is 3. The molecule has 0 saturated heterocycles. The number of para-hydroxylation sites is 1. The SMILES string of the molecule is c1ccc(-c2ccc(N(c3ccc(-c4cc5ccccc5c5c4sc4ccccc45)cc3)c3ccc(-c4cccc5oc6ccccc6c45)cc3)cc2)cc1. The lowest BCUT2D eigenvalue weighted by Crippen LogP contribution is -2.09. The van der Waals surface area contributed by atoms with Crippen LogP contribution in [-0.2, 0) is 0 Å². The average Bonchev–Trinajstić information content (AvgIpc) is 3.84. The van der Waals surface area contributed by atoms with Crippen molar-refractivity contribution >= 4 is 81.3 Å². The van der Waals surface area contributed by atoms with Gasteiger partial charge >= 0.3 is 0 Å². The van der Waals surface area contributed by atoms with Crippen LogP contribution in [0.25, 0.3) is 86.3 Å². The van der Waals surface area contributed by atoms with Gasteiger partial charge in [0.25, 0.3) is 0 Å². The van der Waals surface area contributed by atoms with E-state index < -0.39 is 0 Å². The highest BCUT2D eigenvalue weighted by atomic mass is 32.1. The number of hydrogen-bond donors (Lipinski definition) is 0. The van der Waals surface area contributed by atoms with Crippen molar-refractivity contribution in [2.24, 2.45) is 0 Å². The Hall–Kier alpha value is -6.94. The molecule has 3 heteroatoms. The van der Waals surface area contributed by atoms with E-state index in [9.17, 15) is 0 Å². The lowest BCUT2D eigenvalue weighted by atomic mass is 9.96. The highest BCUT2D eigenvalue weighted by Gasteiger charge is 2.18. The van der Waals surface area contributed by atoms with Crippen molar-refractivity contribution in [2.75, 3.05) is 4.90 Å². The topological polar surface area (TPSA) is 16.4 Å². The van der Waals surface area contributed by atoms with Gasteiger partial charge in [0.2, 0.25) is 0 Å². The Bertz CT molecular complexity index is 3170. The zero-order valence-electron chi connectivity index (χ0n) is 29.8. The van der Waals surface area contributed by atoms with E-state index in [2.05, 4.69) is 193 Å². The Kier molecular flexibility index (Phi) is 7.39. The zero-order valence-corrected chi connectivity index (χ0v) is 30.6. The first kappa shape index (κ1) is 31.6. The van der Waals surface area contributed by atoms with E-state index in [1.54, 1.807) is 0 Å². The van der Waals surface area contributed by atoms with Gasteiger partial charge in [-0.05, 0) is 99.3 Å². The molecule has 0 aliphatic carbocycles. The normalized spacial score (nSPS) is 11.6. The summed E-state index contributed by atoms with van der Waals surface area (Å²) < 4.78 is 8.88. The highest BCUT2D eigenvalue weighted by Crippen LogP contribution is 2.45. The maximum atomic E-state index is 6.23. The van der Waals surface area contributed by atoms with Crippen molar-refractivity contribution < 1.29 is 4.42 Å². The second-order valence-electron chi connectivity index (χ2n) is 14.1. The van der Waals surface area contributed by atoms with Crippen LogP contribution in [0.15, 0.2) is 205 Å². The minimum atomic E-state index is 0.905. The molecular formula is C52H33NOS. The zero-order chi connectivity index (χ0) is 36.3. The third-order valence-corrected chi connectivity index (χ3v) is 12.1. The highest BCUT2D eigenvalue weighted by molar-refractivity contribution is 7.26. The molecule has 0 atom stereocenters. The Balaban J connectivity index is 1.03. The molecule has 0 aliphatic rings. The molecule has 2 heterocycles. The smallest absolute Gasteiger partial charge is 0.136 e. The minimum Gasteiger partial charge on any atom is -0.456 e. The summed E-state index contributed by atoms with van der Waals surface area (Å²) in [6, 6.07) is 72.1. The quantitative estimate of drug-likeness (QED) is 0.170. The van der Waals surface area contributed by atoms with E-state index in [-0.39, 0.29) is 0 Å². The van der Waals surface area contributed by atoms with Crippen molar-refractivity contribution in [2.45, 2.75) is 0 Å². The number of hydrogen-bond acceptors (Lipinski definition) is 3. The molecule has 0 aliphatic heterocycles. The van der Waals surface area contributed by atoms with Gasteiger partial charge in [-0.2, -0.15) is 0 Å². The minimum absolute atomic E-state index is 0.905. The molecule has 2 nitrogen and oxygen atoms in total. The summed E-state index contributed by atoms with van der Waals surface area (Å²) >= 11 is 1.89. The second kappa shape index (κ2) is 12.9. The second-order valence-corrected chi connectivity index (χ2v) is 15.1. The van der Waals surface area contributed by atoms with Gasteiger partial charge in [0, 0.05) is 53.6 Å². The van der Waals surface area contributed by atoms with Gasteiger partial charge in [0.05, 0.1) is 0 Å². The van der Waals surface area contributed by atoms with Crippen LogP contribution in [0.5, 0.6) is 0 Å². The van der Waals surface area contributed by atoms with E-state index in [1.807, 2.05) is 23.5 Å². The molecule has 11 aromatic rings. The van der Waals surface area contributed by atoms with Crippen LogP contribution in [0.2, 0.25) is 0 Å². The summed E-state index contributed by atoms with van der Waals surface area (Å²) in [6.45, 7) is 0. The van der Waals surface area contributed by atoms with E-state index in [0.29, 0.717) is 0 Å². The van der Waals surface area contributed by atoms with Crippen LogP contribution >= 0.6 is 11.3 Å². The Labute approximate surface area is 322 Å². The average molecular weight is 720 g/mol. The first-order chi connectivity index (χ1) is 27.3. The molecule has 0 unspecified atom stereocenters. The Morgan fingerprint density at radius 3 is 1.64 bits per heavy atom. The fraction of sp³-hybridized carbons (Fsp3) is 0. The summed E-state index contributed by atoms with van der Waals surface area (Å²) in [5, 5.41) is 7.52.